The molecule has 2 aromatic rings. The summed E-state index contributed by atoms with van der Waals surface area (Å²) in [4.78, 5) is 12.0. The van der Waals surface area contributed by atoms with Crippen molar-refractivity contribution in [2.24, 2.45) is 0 Å². The van der Waals surface area contributed by atoms with Gasteiger partial charge in [0.05, 0.1) is 7.11 Å². The summed E-state index contributed by atoms with van der Waals surface area (Å²) in [6.45, 7) is 2.03. The summed E-state index contributed by atoms with van der Waals surface area (Å²) in [6, 6.07) is 17.7. The number of carbonyl (C=O) groups excluding carboxylic acids is 1. The van der Waals surface area contributed by atoms with Crippen molar-refractivity contribution in [1.29, 1.82) is 0 Å². The fourth-order valence-electron chi connectivity index (χ4n) is 1.99. The van der Waals surface area contributed by atoms with E-state index in [1.54, 1.807) is 0 Å². The lowest BCUT2D eigenvalue weighted by molar-refractivity contribution is -0.141. The third-order valence-electron chi connectivity index (χ3n) is 2.98. The molecule has 0 amide bonds. The lowest BCUT2D eigenvalue weighted by atomic mass is 9.91. The number of hydrogen-bond acceptors (Lipinski definition) is 2. The summed E-state index contributed by atoms with van der Waals surface area (Å²) >= 11 is 0. The van der Waals surface area contributed by atoms with E-state index < -0.39 is 0 Å². The number of aryl methyl sites for hydroxylation is 1. The average Bonchev–Trinajstić information content (AvgIpc) is 2.42. The zero-order chi connectivity index (χ0) is 13.0. The van der Waals surface area contributed by atoms with E-state index in [1.807, 2.05) is 61.5 Å². The van der Waals surface area contributed by atoms with E-state index in [1.165, 1.54) is 12.7 Å². The van der Waals surface area contributed by atoms with Crippen molar-refractivity contribution in [3.63, 3.8) is 0 Å². The van der Waals surface area contributed by atoms with Crippen LogP contribution in [0.5, 0.6) is 0 Å². The molecule has 2 rings (SSSR count). The maximum Gasteiger partial charge on any atom is 0.317 e. The lowest BCUT2D eigenvalue weighted by Gasteiger charge is -2.15. The monoisotopic (exact) mass is 240 g/mol. The van der Waals surface area contributed by atoms with E-state index in [4.69, 9.17) is 4.74 Å². The second-order valence-electron chi connectivity index (χ2n) is 4.28. The molecule has 0 saturated heterocycles. The van der Waals surface area contributed by atoms with Gasteiger partial charge in [0.1, 0.15) is 5.92 Å². The quantitative estimate of drug-likeness (QED) is 0.769. The zero-order valence-electron chi connectivity index (χ0n) is 10.6. The van der Waals surface area contributed by atoms with Crippen molar-refractivity contribution < 1.29 is 9.53 Å². The van der Waals surface area contributed by atoms with Crippen molar-refractivity contribution in [3.8, 4) is 0 Å². The lowest BCUT2D eigenvalue weighted by Crippen LogP contribution is -2.15. The van der Waals surface area contributed by atoms with Crippen LogP contribution in [0.1, 0.15) is 22.6 Å². The standard InChI is InChI=1S/C16H16O2/c1-12-8-10-14(11-9-12)15(16(17)18-2)13-6-4-3-5-7-13/h3-11,15H,1-2H3/t15-/m1/s1. The van der Waals surface area contributed by atoms with Gasteiger partial charge in [-0.05, 0) is 18.1 Å². The molecule has 1 atom stereocenters. The first-order valence-corrected chi connectivity index (χ1v) is 5.91. The van der Waals surface area contributed by atoms with E-state index >= 15 is 0 Å². The van der Waals surface area contributed by atoms with Gasteiger partial charge in [0.2, 0.25) is 0 Å². The number of rotatable bonds is 3. The van der Waals surface area contributed by atoms with Gasteiger partial charge in [-0.15, -0.1) is 0 Å². The minimum absolute atomic E-state index is 0.231. The molecule has 0 fully saturated rings. The van der Waals surface area contributed by atoms with Gasteiger partial charge < -0.3 is 4.74 Å². The van der Waals surface area contributed by atoms with Gasteiger partial charge >= 0.3 is 5.97 Å². The maximum absolute atomic E-state index is 12.0. The molecule has 0 spiro atoms. The van der Waals surface area contributed by atoms with E-state index in [9.17, 15) is 4.79 Å². The van der Waals surface area contributed by atoms with Crippen molar-refractivity contribution in [2.75, 3.05) is 7.11 Å². The van der Waals surface area contributed by atoms with Gasteiger partial charge in [-0.1, -0.05) is 60.2 Å². The molecule has 2 nitrogen and oxygen atoms in total. The second kappa shape index (κ2) is 5.50. The Bertz CT molecular complexity index is 515. The highest BCUT2D eigenvalue weighted by Gasteiger charge is 2.22. The smallest absolute Gasteiger partial charge is 0.317 e. The summed E-state index contributed by atoms with van der Waals surface area (Å²) in [5, 5.41) is 0. The Balaban J connectivity index is 2.43. The molecule has 0 aliphatic carbocycles. The summed E-state index contributed by atoms with van der Waals surface area (Å²) in [7, 11) is 1.42. The topological polar surface area (TPSA) is 26.3 Å². The first-order valence-electron chi connectivity index (χ1n) is 5.91. The van der Waals surface area contributed by atoms with Crippen LogP contribution in [-0.2, 0) is 9.53 Å². The molecular weight excluding hydrogens is 224 g/mol. The van der Waals surface area contributed by atoms with Gasteiger partial charge in [0, 0.05) is 0 Å². The Kier molecular flexibility index (Phi) is 3.78. The fraction of sp³-hybridized carbons (Fsp3) is 0.188. The van der Waals surface area contributed by atoms with Crippen LogP contribution in [0.15, 0.2) is 54.6 Å². The van der Waals surface area contributed by atoms with Gasteiger partial charge in [-0.2, -0.15) is 0 Å². The first kappa shape index (κ1) is 12.4. The Morgan fingerprint density at radius 3 is 2.06 bits per heavy atom. The zero-order valence-corrected chi connectivity index (χ0v) is 10.6. The molecule has 0 aromatic heterocycles. The summed E-state index contributed by atoms with van der Waals surface area (Å²) in [6.07, 6.45) is 0. The molecule has 2 heteroatoms. The van der Waals surface area contributed by atoms with Gasteiger partial charge in [0.15, 0.2) is 0 Å². The van der Waals surface area contributed by atoms with E-state index in [0.29, 0.717) is 0 Å². The van der Waals surface area contributed by atoms with Crippen LogP contribution in [0.4, 0.5) is 0 Å². The van der Waals surface area contributed by atoms with Crippen molar-refractivity contribution in [3.05, 3.63) is 71.3 Å². The van der Waals surface area contributed by atoms with Crippen LogP contribution in [-0.4, -0.2) is 13.1 Å². The number of methoxy groups -OCH3 is 1. The molecule has 0 aliphatic rings. The minimum Gasteiger partial charge on any atom is -0.468 e. The summed E-state index contributed by atoms with van der Waals surface area (Å²) in [5.74, 6) is -0.582. The SMILES string of the molecule is COC(=O)[C@H](c1ccccc1)c1ccc(C)cc1. The molecule has 0 bridgehead atoms. The molecular formula is C16H16O2. The Morgan fingerprint density at radius 1 is 0.944 bits per heavy atom. The van der Waals surface area contributed by atoms with Crippen LogP contribution in [0, 0.1) is 6.92 Å². The molecule has 0 heterocycles. The second-order valence-corrected chi connectivity index (χ2v) is 4.28. The molecule has 0 unspecified atom stereocenters. The molecule has 2 aromatic carbocycles. The van der Waals surface area contributed by atoms with Crippen LogP contribution >= 0.6 is 0 Å². The predicted octanol–water partition coefficient (Wildman–Crippen LogP) is 3.30. The third-order valence-corrected chi connectivity index (χ3v) is 2.98. The Hall–Kier alpha value is -2.09. The molecule has 0 radical (unpaired) electrons. The number of carbonyl (C=O) groups is 1. The van der Waals surface area contributed by atoms with Crippen molar-refractivity contribution in [2.45, 2.75) is 12.8 Å². The number of esters is 1. The molecule has 0 saturated carbocycles. The average molecular weight is 240 g/mol. The van der Waals surface area contributed by atoms with Crippen molar-refractivity contribution in [1.82, 2.24) is 0 Å². The van der Waals surface area contributed by atoms with Gasteiger partial charge in [0.25, 0.3) is 0 Å². The minimum atomic E-state index is -0.350. The number of hydrogen-bond donors (Lipinski definition) is 0. The van der Waals surface area contributed by atoms with Crippen LogP contribution in [0.2, 0.25) is 0 Å². The molecule has 18 heavy (non-hydrogen) atoms. The first-order chi connectivity index (χ1) is 8.72. The molecule has 0 aliphatic heterocycles. The van der Waals surface area contributed by atoms with Gasteiger partial charge in [-0.3, -0.25) is 4.79 Å². The normalized spacial score (nSPS) is 11.9. The Morgan fingerprint density at radius 2 is 1.50 bits per heavy atom. The third kappa shape index (κ3) is 2.59. The number of ether oxygens (including phenoxy) is 1. The van der Waals surface area contributed by atoms with E-state index in [-0.39, 0.29) is 11.9 Å². The predicted molar refractivity (Wildman–Crippen MR) is 71.5 cm³/mol. The maximum atomic E-state index is 12.0. The van der Waals surface area contributed by atoms with Crippen LogP contribution in [0.25, 0.3) is 0 Å². The Labute approximate surface area is 107 Å². The van der Waals surface area contributed by atoms with Crippen LogP contribution < -0.4 is 0 Å². The van der Waals surface area contributed by atoms with Crippen LogP contribution in [0.3, 0.4) is 0 Å². The largest absolute Gasteiger partial charge is 0.468 e. The molecule has 0 N–H and O–H groups in total. The highest BCUT2D eigenvalue weighted by Crippen LogP contribution is 2.26. The van der Waals surface area contributed by atoms with Gasteiger partial charge in [-0.25, -0.2) is 0 Å². The van der Waals surface area contributed by atoms with Crippen molar-refractivity contribution >= 4 is 5.97 Å². The van der Waals surface area contributed by atoms with E-state index in [2.05, 4.69) is 0 Å². The molecule has 92 valence electrons. The summed E-state index contributed by atoms with van der Waals surface area (Å²) < 4.78 is 4.91. The van der Waals surface area contributed by atoms with E-state index in [0.717, 1.165) is 11.1 Å². The highest BCUT2D eigenvalue weighted by atomic mass is 16.5. The highest BCUT2D eigenvalue weighted by molar-refractivity contribution is 5.82. The number of benzene rings is 2. The summed E-state index contributed by atoms with van der Waals surface area (Å²) in [5.41, 5.74) is 3.09. The fourth-order valence-corrected chi connectivity index (χ4v) is 1.99.